The summed E-state index contributed by atoms with van der Waals surface area (Å²) in [6.07, 6.45) is 2.74. The van der Waals surface area contributed by atoms with E-state index in [2.05, 4.69) is 31.9 Å². The zero-order chi connectivity index (χ0) is 28.9. The molecule has 1 heterocycles. The van der Waals surface area contributed by atoms with Crippen molar-refractivity contribution in [2.24, 2.45) is 5.92 Å². The Morgan fingerprint density at radius 2 is 1.46 bits per heavy atom. The molecule has 12 heteroatoms. The molecule has 0 radical (unpaired) electrons. The largest absolute Gasteiger partial charge is 0.350 e. The van der Waals surface area contributed by atoms with Crippen molar-refractivity contribution in [2.45, 2.75) is 70.7 Å². The lowest BCUT2D eigenvalue weighted by molar-refractivity contribution is -0.135. The molecule has 11 nitrogen and oxygen atoms in total. The number of nitrogens with one attached hydrogen (secondary N) is 6. The van der Waals surface area contributed by atoms with Crippen LogP contribution in [0.1, 0.15) is 39.7 Å². The first-order valence-corrected chi connectivity index (χ1v) is 14.7. The van der Waals surface area contributed by atoms with Crippen molar-refractivity contribution < 1.29 is 24.0 Å². The summed E-state index contributed by atoms with van der Waals surface area (Å²) in [6, 6.07) is 5.66. The van der Waals surface area contributed by atoms with E-state index in [1.54, 1.807) is 20.8 Å². The summed E-state index contributed by atoms with van der Waals surface area (Å²) in [5.74, 6) is -1.95. The number of carbonyl (C=O) groups is 5. The second-order valence-corrected chi connectivity index (χ2v) is 11.1. The molecule has 1 aliphatic rings. The van der Waals surface area contributed by atoms with Gasteiger partial charge in [-0.2, -0.15) is 11.8 Å². The number of carbonyl (C=O) groups excluding carboxylic acids is 5. The summed E-state index contributed by atoms with van der Waals surface area (Å²) in [6.45, 7) is 6.89. The van der Waals surface area contributed by atoms with Crippen molar-refractivity contribution in [2.75, 3.05) is 25.1 Å². The third-order valence-electron chi connectivity index (χ3n) is 6.36. The first kappa shape index (κ1) is 32.1. The maximum atomic E-state index is 13.2. The molecule has 216 valence electrons. The Balaban J connectivity index is 2.29. The molecule has 1 aromatic rings. The quantitative estimate of drug-likeness (QED) is 0.278. The Morgan fingerprint density at radius 1 is 0.821 bits per heavy atom. The van der Waals surface area contributed by atoms with Crippen LogP contribution in [0.2, 0.25) is 0 Å². The second kappa shape index (κ2) is 16.1. The maximum Gasteiger partial charge on any atom is 0.243 e. The van der Waals surface area contributed by atoms with Gasteiger partial charge in [-0.25, -0.2) is 0 Å². The van der Waals surface area contributed by atoms with Crippen molar-refractivity contribution >= 4 is 41.3 Å². The van der Waals surface area contributed by atoms with Crippen molar-refractivity contribution in [1.29, 1.82) is 0 Å². The van der Waals surface area contributed by atoms with Gasteiger partial charge in [0.25, 0.3) is 0 Å². The van der Waals surface area contributed by atoms with E-state index < -0.39 is 47.8 Å². The number of rotatable bonds is 6. The lowest BCUT2D eigenvalue weighted by Crippen LogP contribution is -2.60. The number of benzene rings is 1. The first-order valence-electron chi connectivity index (χ1n) is 13.3. The summed E-state index contributed by atoms with van der Waals surface area (Å²) in [4.78, 5) is 64.7. The summed E-state index contributed by atoms with van der Waals surface area (Å²) in [5.41, 5.74) is 0.998. The predicted molar refractivity (Wildman–Crippen MR) is 152 cm³/mol. The van der Waals surface area contributed by atoms with E-state index in [0.717, 1.165) is 5.56 Å². The lowest BCUT2D eigenvalue weighted by Gasteiger charge is -2.28. The van der Waals surface area contributed by atoms with Crippen LogP contribution < -0.4 is 31.9 Å². The van der Waals surface area contributed by atoms with Gasteiger partial charge in [0.05, 0.1) is 6.54 Å². The number of hydrogen-bond acceptors (Lipinski definition) is 7. The van der Waals surface area contributed by atoms with Gasteiger partial charge in [-0.3, -0.25) is 24.0 Å². The van der Waals surface area contributed by atoms with Gasteiger partial charge in [0, 0.05) is 12.6 Å². The molecule has 2 rings (SSSR count). The molecule has 5 atom stereocenters. The molecule has 1 saturated heterocycles. The predicted octanol–water partition coefficient (Wildman–Crippen LogP) is -0.295. The van der Waals surface area contributed by atoms with Crippen LogP contribution in [0.4, 0.5) is 0 Å². The summed E-state index contributed by atoms with van der Waals surface area (Å²) in [5, 5.41) is 16.8. The molecule has 1 aromatic carbocycles. The van der Waals surface area contributed by atoms with Gasteiger partial charge in [0.2, 0.25) is 29.5 Å². The van der Waals surface area contributed by atoms with E-state index in [0.29, 0.717) is 18.6 Å². The minimum Gasteiger partial charge on any atom is -0.350 e. The molecule has 39 heavy (non-hydrogen) atoms. The Hall–Kier alpha value is -3.12. The topological polar surface area (TPSA) is 158 Å². The highest BCUT2D eigenvalue weighted by Crippen LogP contribution is 2.08. The highest BCUT2D eigenvalue weighted by molar-refractivity contribution is 7.98. The minimum atomic E-state index is -0.919. The summed E-state index contributed by atoms with van der Waals surface area (Å²) in [7, 11) is 0. The van der Waals surface area contributed by atoms with Crippen LogP contribution in [-0.2, 0) is 30.4 Å². The van der Waals surface area contributed by atoms with Gasteiger partial charge in [-0.1, -0.05) is 44.2 Å². The third-order valence-corrected chi connectivity index (χ3v) is 7.00. The summed E-state index contributed by atoms with van der Waals surface area (Å²) < 4.78 is 0. The monoisotopic (exact) mass is 562 g/mol. The molecule has 0 saturated carbocycles. The maximum absolute atomic E-state index is 13.2. The molecular formula is C27H42N6O5S. The standard InChI is InChI=1S/C27H42N6O5S/c1-16(2)23-27(38)32-21(11-12-39-5)26(37)30-18(4)24(35)31-20(13-19-9-7-6-8-10-19)14-28-15-22(34)29-17(3)25(36)33-23/h6-10,16-18,20-21,23,28H,11-15H2,1-5H3,(H,29,34)(H,30,37)(H,31,35)(H,32,38)(H,33,36)/t17-,18+,20-,21+,23+/m1/s1. The molecule has 0 unspecified atom stereocenters. The Labute approximate surface area is 234 Å². The number of amides is 5. The Kier molecular flexibility index (Phi) is 13.2. The van der Waals surface area contributed by atoms with Crippen LogP contribution in [0.25, 0.3) is 0 Å². The molecule has 6 N–H and O–H groups in total. The molecular weight excluding hydrogens is 520 g/mol. The second-order valence-electron chi connectivity index (χ2n) is 10.1. The fourth-order valence-electron chi connectivity index (χ4n) is 4.08. The molecule has 0 spiro atoms. The van der Waals surface area contributed by atoms with E-state index in [4.69, 9.17) is 0 Å². The Bertz CT molecular complexity index is 992. The van der Waals surface area contributed by atoms with Gasteiger partial charge in [0.15, 0.2) is 0 Å². The average Bonchev–Trinajstić information content (AvgIpc) is 2.88. The molecule has 0 aromatic heterocycles. The van der Waals surface area contributed by atoms with Crippen LogP contribution in [0.5, 0.6) is 0 Å². The van der Waals surface area contributed by atoms with E-state index >= 15 is 0 Å². The fourth-order valence-corrected chi connectivity index (χ4v) is 4.55. The van der Waals surface area contributed by atoms with Gasteiger partial charge in [0.1, 0.15) is 24.2 Å². The van der Waals surface area contributed by atoms with Crippen LogP contribution in [0.3, 0.4) is 0 Å². The van der Waals surface area contributed by atoms with E-state index in [-0.39, 0.29) is 31.0 Å². The molecule has 0 bridgehead atoms. The fraction of sp³-hybridized carbons (Fsp3) is 0.593. The smallest absolute Gasteiger partial charge is 0.243 e. The van der Waals surface area contributed by atoms with E-state index in [1.807, 2.05) is 36.6 Å². The zero-order valence-electron chi connectivity index (χ0n) is 23.3. The van der Waals surface area contributed by atoms with Crippen molar-refractivity contribution in [3.8, 4) is 0 Å². The SMILES string of the molecule is CSCC[C@@H]1NC(=O)[C@H](C(C)C)NC(=O)[C@@H](C)NC(=O)CNC[C@@H](Cc2ccccc2)NC(=O)[C@H](C)NC1=O. The number of thioether (sulfide) groups is 1. The minimum absolute atomic E-state index is 0.0731. The van der Waals surface area contributed by atoms with Gasteiger partial charge < -0.3 is 31.9 Å². The molecule has 1 fully saturated rings. The normalized spacial score (nSPS) is 26.4. The number of hydrogen-bond donors (Lipinski definition) is 6. The Morgan fingerprint density at radius 3 is 2.10 bits per heavy atom. The van der Waals surface area contributed by atoms with E-state index in [9.17, 15) is 24.0 Å². The highest BCUT2D eigenvalue weighted by Gasteiger charge is 2.31. The van der Waals surface area contributed by atoms with Gasteiger partial charge in [-0.05, 0) is 50.2 Å². The van der Waals surface area contributed by atoms with Crippen LogP contribution in [0, 0.1) is 5.92 Å². The van der Waals surface area contributed by atoms with Gasteiger partial charge >= 0.3 is 0 Å². The van der Waals surface area contributed by atoms with Crippen LogP contribution in [0.15, 0.2) is 30.3 Å². The zero-order valence-corrected chi connectivity index (χ0v) is 24.2. The third kappa shape index (κ3) is 10.9. The average molecular weight is 563 g/mol. The van der Waals surface area contributed by atoms with Gasteiger partial charge in [-0.15, -0.1) is 0 Å². The highest BCUT2D eigenvalue weighted by atomic mass is 32.2. The molecule has 1 aliphatic heterocycles. The molecule has 0 aliphatic carbocycles. The van der Waals surface area contributed by atoms with Crippen molar-refractivity contribution in [1.82, 2.24) is 31.9 Å². The van der Waals surface area contributed by atoms with Crippen LogP contribution in [-0.4, -0.2) is 84.8 Å². The first-order chi connectivity index (χ1) is 18.5. The van der Waals surface area contributed by atoms with Crippen LogP contribution >= 0.6 is 11.8 Å². The molecule has 5 amide bonds. The summed E-state index contributed by atoms with van der Waals surface area (Å²) >= 11 is 1.53. The van der Waals surface area contributed by atoms with Crippen molar-refractivity contribution in [3.63, 3.8) is 0 Å². The van der Waals surface area contributed by atoms with Crippen molar-refractivity contribution in [3.05, 3.63) is 35.9 Å². The lowest BCUT2D eigenvalue weighted by atomic mass is 10.0. The van der Waals surface area contributed by atoms with E-state index in [1.165, 1.54) is 18.7 Å².